The number of hydrogen-bond donors (Lipinski definition) is 0. The maximum Gasteiger partial charge on any atom is 0.194 e. The summed E-state index contributed by atoms with van der Waals surface area (Å²) in [6, 6.07) is 38.4. The van der Waals surface area contributed by atoms with Crippen LogP contribution in [0.5, 0.6) is 0 Å². The van der Waals surface area contributed by atoms with Crippen LogP contribution in [0, 0.1) is 51.4 Å². The topological polar surface area (TPSA) is 110 Å². The Morgan fingerprint density at radius 1 is 0.451 bits per heavy atom. The van der Waals surface area contributed by atoms with Crippen LogP contribution in [0.2, 0.25) is 0 Å². The van der Waals surface area contributed by atoms with Crippen molar-refractivity contribution in [3.8, 4) is 63.1 Å². The molecule has 0 bridgehead atoms. The standard InChI is InChI=1S/C42H19F3N6/c43-32-17-29(18-33(44)38(32)45)25-13-15-26(16-14-25)39-37-36(31-3-1-2-4-34(31)49-39)30(22-48)19-35-42(37)51-41(28-11-7-24(21-47)8-12-28)40(50-35)27-9-5-23(20-46)6-10-27/h1-19H. The van der Waals surface area contributed by atoms with E-state index in [1.165, 1.54) is 0 Å². The molecule has 0 aliphatic carbocycles. The summed E-state index contributed by atoms with van der Waals surface area (Å²) in [6.07, 6.45) is 0. The molecule has 8 aromatic rings. The molecule has 238 valence electrons. The third kappa shape index (κ3) is 5.25. The van der Waals surface area contributed by atoms with E-state index in [4.69, 9.17) is 15.0 Å². The molecular formula is C42H19F3N6. The van der Waals surface area contributed by atoms with Crippen LogP contribution < -0.4 is 0 Å². The van der Waals surface area contributed by atoms with Gasteiger partial charge in [-0.2, -0.15) is 15.8 Å². The first kappa shape index (κ1) is 30.9. The van der Waals surface area contributed by atoms with Crippen LogP contribution >= 0.6 is 0 Å². The van der Waals surface area contributed by atoms with Crippen molar-refractivity contribution < 1.29 is 13.2 Å². The highest BCUT2D eigenvalue weighted by molar-refractivity contribution is 6.22. The maximum atomic E-state index is 14.1. The van der Waals surface area contributed by atoms with Gasteiger partial charge >= 0.3 is 0 Å². The van der Waals surface area contributed by atoms with Crippen LogP contribution in [0.1, 0.15) is 16.7 Å². The summed E-state index contributed by atoms with van der Waals surface area (Å²) in [7, 11) is 0. The van der Waals surface area contributed by atoms with Gasteiger partial charge in [0.25, 0.3) is 0 Å². The van der Waals surface area contributed by atoms with Crippen LogP contribution in [-0.4, -0.2) is 15.0 Å². The lowest BCUT2D eigenvalue weighted by Gasteiger charge is -2.16. The maximum absolute atomic E-state index is 14.1. The third-order valence-corrected chi connectivity index (χ3v) is 8.77. The van der Waals surface area contributed by atoms with Gasteiger partial charge in [0, 0.05) is 32.8 Å². The first-order chi connectivity index (χ1) is 24.9. The molecule has 0 aliphatic heterocycles. The molecule has 0 atom stereocenters. The number of aromatic nitrogens is 3. The Labute approximate surface area is 288 Å². The van der Waals surface area contributed by atoms with E-state index in [-0.39, 0.29) is 5.56 Å². The van der Waals surface area contributed by atoms with E-state index in [0.29, 0.717) is 83.3 Å². The van der Waals surface area contributed by atoms with Gasteiger partial charge in [-0.05, 0) is 59.7 Å². The molecular weight excluding hydrogens is 645 g/mol. The number of fused-ring (bicyclic) bond motifs is 5. The average Bonchev–Trinajstić information content (AvgIpc) is 3.18. The highest BCUT2D eigenvalue weighted by Gasteiger charge is 2.22. The second-order valence-corrected chi connectivity index (χ2v) is 11.8. The number of nitrogens with zero attached hydrogens (tertiary/aromatic N) is 6. The lowest BCUT2D eigenvalue weighted by atomic mass is 9.93. The molecule has 9 heteroatoms. The van der Waals surface area contributed by atoms with Gasteiger partial charge in [-0.25, -0.2) is 28.1 Å². The van der Waals surface area contributed by atoms with Crippen LogP contribution in [0.15, 0.2) is 115 Å². The van der Waals surface area contributed by atoms with Gasteiger partial charge in [-0.3, -0.25) is 0 Å². The number of benzene rings is 6. The molecule has 0 aliphatic rings. The Hall–Kier alpha value is -7.41. The van der Waals surface area contributed by atoms with Crippen molar-refractivity contribution >= 4 is 32.7 Å². The number of para-hydroxylation sites is 1. The van der Waals surface area contributed by atoms with Crippen molar-refractivity contribution in [3.05, 3.63) is 149 Å². The largest absolute Gasteiger partial charge is 0.247 e. The van der Waals surface area contributed by atoms with Crippen molar-refractivity contribution in [3.63, 3.8) is 0 Å². The normalized spacial score (nSPS) is 11.0. The van der Waals surface area contributed by atoms with Crippen LogP contribution in [0.25, 0.3) is 77.6 Å². The molecule has 0 amide bonds. The Balaban J connectivity index is 1.45. The van der Waals surface area contributed by atoms with Crippen molar-refractivity contribution in [1.82, 2.24) is 15.0 Å². The fraction of sp³-hybridized carbons (Fsp3) is 0. The minimum absolute atomic E-state index is 0.166. The Bertz CT molecular complexity index is 2820. The van der Waals surface area contributed by atoms with E-state index in [1.54, 1.807) is 78.9 Å². The molecule has 0 saturated carbocycles. The molecule has 6 aromatic carbocycles. The number of halogens is 3. The molecule has 2 heterocycles. The lowest BCUT2D eigenvalue weighted by Crippen LogP contribution is -2.00. The molecule has 2 aromatic heterocycles. The van der Waals surface area contributed by atoms with Crippen molar-refractivity contribution in [2.24, 2.45) is 0 Å². The number of hydrogen-bond acceptors (Lipinski definition) is 6. The zero-order chi connectivity index (χ0) is 35.2. The zero-order valence-electron chi connectivity index (χ0n) is 26.3. The second kappa shape index (κ2) is 12.2. The minimum Gasteiger partial charge on any atom is -0.247 e. The van der Waals surface area contributed by atoms with E-state index in [9.17, 15) is 29.0 Å². The van der Waals surface area contributed by atoms with Gasteiger partial charge in [0.2, 0.25) is 0 Å². The minimum atomic E-state index is -1.54. The predicted molar refractivity (Wildman–Crippen MR) is 188 cm³/mol. The van der Waals surface area contributed by atoms with Gasteiger partial charge in [-0.1, -0.05) is 66.7 Å². The van der Waals surface area contributed by atoms with Crippen LogP contribution in [-0.2, 0) is 0 Å². The SMILES string of the molecule is N#Cc1ccc(-c2nc3cc(C#N)c4c5ccccc5nc(-c5ccc(-c6cc(F)c(F)c(F)c6)cc5)c4c3nc2-c2ccc(C#N)cc2)cc1. The Morgan fingerprint density at radius 2 is 0.961 bits per heavy atom. The number of rotatable bonds is 4. The van der Waals surface area contributed by atoms with Gasteiger partial charge in [-0.15, -0.1) is 0 Å². The molecule has 0 saturated heterocycles. The molecule has 0 unspecified atom stereocenters. The first-order valence-corrected chi connectivity index (χ1v) is 15.6. The third-order valence-electron chi connectivity index (χ3n) is 8.77. The molecule has 0 fully saturated rings. The van der Waals surface area contributed by atoms with Crippen molar-refractivity contribution in [2.75, 3.05) is 0 Å². The predicted octanol–water partition coefficient (Wildman–Crippen LogP) is 10.0. The van der Waals surface area contributed by atoms with Crippen LogP contribution in [0.4, 0.5) is 13.2 Å². The summed E-state index contributed by atoms with van der Waals surface area (Å²) in [5.74, 6) is -4.11. The molecule has 51 heavy (non-hydrogen) atoms. The zero-order valence-corrected chi connectivity index (χ0v) is 26.3. The fourth-order valence-corrected chi connectivity index (χ4v) is 6.31. The first-order valence-electron chi connectivity index (χ1n) is 15.6. The lowest BCUT2D eigenvalue weighted by molar-refractivity contribution is 0.448. The Kier molecular flexibility index (Phi) is 7.41. The van der Waals surface area contributed by atoms with Gasteiger partial charge in [0.05, 0.1) is 68.5 Å². The van der Waals surface area contributed by atoms with E-state index in [2.05, 4.69) is 18.2 Å². The molecule has 8 rings (SSSR count). The summed E-state index contributed by atoms with van der Waals surface area (Å²) < 4.78 is 41.9. The summed E-state index contributed by atoms with van der Waals surface area (Å²) in [6.45, 7) is 0. The molecule has 0 radical (unpaired) electrons. The van der Waals surface area contributed by atoms with Gasteiger partial charge in [0.15, 0.2) is 17.5 Å². The average molecular weight is 665 g/mol. The summed E-state index contributed by atoms with van der Waals surface area (Å²) in [5, 5.41) is 31.3. The smallest absolute Gasteiger partial charge is 0.194 e. The monoisotopic (exact) mass is 664 g/mol. The van der Waals surface area contributed by atoms with Crippen molar-refractivity contribution in [1.29, 1.82) is 15.8 Å². The highest BCUT2D eigenvalue weighted by Crippen LogP contribution is 2.41. The quantitative estimate of drug-likeness (QED) is 0.137. The van der Waals surface area contributed by atoms with E-state index in [0.717, 1.165) is 17.5 Å². The van der Waals surface area contributed by atoms with Crippen LogP contribution in [0.3, 0.4) is 0 Å². The van der Waals surface area contributed by atoms with Crippen molar-refractivity contribution in [2.45, 2.75) is 0 Å². The highest BCUT2D eigenvalue weighted by atomic mass is 19.2. The summed E-state index contributed by atoms with van der Waals surface area (Å²) in [4.78, 5) is 15.4. The molecule has 6 nitrogen and oxygen atoms in total. The fourth-order valence-electron chi connectivity index (χ4n) is 6.31. The van der Waals surface area contributed by atoms with E-state index in [1.807, 2.05) is 24.3 Å². The van der Waals surface area contributed by atoms with Gasteiger partial charge < -0.3 is 0 Å². The summed E-state index contributed by atoms with van der Waals surface area (Å²) in [5.41, 5.74) is 7.03. The summed E-state index contributed by atoms with van der Waals surface area (Å²) >= 11 is 0. The van der Waals surface area contributed by atoms with Gasteiger partial charge in [0.1, 0.15) is 0 Å². The Morgan fingerprint density at radius 3 is 1.55 bits per heavy atom. The number of nitriles is 3. The molecule has 0 N–H and O–H groups in total. The van der Waals surface area contributed by atoms with E-state index < -0.39 is 17.5 Å². The van der Waals surface area contributed by atoms with E-state index >= 15 is 0 Å². The number of pyridine rings is 1. The second-order valence-electron chi connectivity index (χ2n) is 11.8. The molecule has 0 spiro atoms.